The number of pyridine rings is 5. The zero-order chi connectivity index (χ0) is 102. The molecule has 21 rings (SSSR count). The number of carbonyl (C=O) groups excluding carboxylic acids is 8. The van der Waals surface area contributed by atoms with Crippen LogP contribution in [0.5, 0.6) is 0 Å². The van der Waals surface area contributed by atoms with Crippen molar-refractivity contribution in [3.8, 4) is 28.7 Å². The maximum absolute atomic E-state index is 14.1. The fourth-order valence-corrected chi connectivity index (χ4v) is 19.6. The van der Waals surface area contributed by atoms with Crippen molar-refractivity contribution in [2.24, 2.45) is 23.5 Å². The summed E-state index contributed by atoms with van der Waals surface area (Å²) in [5.74, 6) is 2.39. The van der Waals surface area contributed by atoms with Crippen molar-refractivity contribution in [1.29, 1.82) is 0 Å². The number of piperidine rings is 5. The third-order valence-electron chi connectivity index (χ3n) is 28.5. The Bertz CT molecular complexity index is 7210. The van der Waals surface area contributed by atoms with Crippen LogP contribution < -0.4 is 5.73 Å². The SMILES string of the molecule is CC1(F)CCN(C(=O)c2cnc3c(ccn3-c3ccc(C(=O)N(CCO)CCO)cc3)c2)CC1.CC1(F)CCN(C(=O)c2cnc3c(ccn3-c3ccc(C(=O)N4CCC[C@H]4C(N)=O)cc3)c2)CC1.Cc1ccc(-n2ccc3cc(C(=O)N4CCC(C)CC4)ncc32)cc1.Cc1nc2c(cc1C(=O)N1CCC(C)CC1)c(Cl)cn2-c1cnccn1.Cc1nc2c(ccn2-c2cnccn2)cc1C(=O)N1CCC(C)CC1.S. The van der Waals surface area contributed by atoms with Crippen molar-refractivity contribution < 1.29 is 57.4 Å². The second-order valence-corrected chi connectivity index (χ2v) is 39.6. The molecule has 0 bridgehead atoms. The number of aliphatic hydroxyl groups excluding tert-OH is 2. The van der Waals surface area contributed by atoms with Gasteiger partial charge in [0.15, 0.2) is 11.6 Å². The van der Waals surface area contributed by atoms with Gasteiger partial charge >= 0.3 is 0 Å². The van der Waals surface area contributed by atoms with E-state index in [1.54, 1.807) is 137 Å². The van der Waals surface area contributed by atoms with Crippen LogP contribution in [0.1, 0.15) is 201 Å². The van der Waals surface area contributed by atoms with Crippen LogP contribution in [0.4, 0.5) is 8.78 Å². The lowest BCUT2D eigenvalue weighted by Crippen LogP contribution is -2.43. The van der Waals surface area contributed by atoms with Crippen LogP contribution in [0, 0.1) is 38.5 Å². The zero-order valence-corrected chi connectivity index (χ0v) is 85.1. The summed E-state index contributed by atoms with van der Waals surface area (Å²) in [7, 11) is 0. The molecule has 0 aliphatic carbocycles. The molecule has 760 valence electrons. The number of halogens is 3. The minimum Gasteiger partial charge on any atom is -0.395 e. The minimum absolute atomic E-state index is 0. The molecule has 0 radical (unpaired) electrons. The largest absolute Gasteiger partial charge is 0.395 e. The first-order chi connectivity index (χ1) is 69.8. The van der Waals surface area contributed by atoms with Crippen LogP contribution in [-0.2, 0) is 4.79 Å². The van der Waals surface area contributed by atoms with Gasteiger partial charge in [0.1, 0.15) is 45.7 Å². The third-order valence-corrected chi connectivity index (χ3v) is 28.8. The highest BCUT2D eigenvalue weighted by atomic mass is 35.5. The maximum Gasteiger partial charge on any atom is 0.272 e. The molecule has 0 saturated carbocycles. The Morgan fingerprint density at radius 3 is 1.33 bits per heavy atom. The summed E-state index contributed by atoms with van der Waals surface area (Å²) < 4.78 is 37.7. The lowest BCUT2D eigenvalue weighted by molar-refractivity contribution is -0.121. The maximum atomic E-state index is 14.1. The Labute approximate surface area is 857 Å². The zero-order valence-electron chi connectivity index (χ0n) is 83.4. The number of aryl methyl sites for hydroxylation is 3. The van der Waals surface area contributed by atoms with Gasteiger partial charge < -0.3 is 63.9 Å². The number of benzene rings is 3. The van der Waals surface area contributed by atoms with Gasteiger partial charge in [0.05, 0.1) is 76.0 Å². The van der Waals surface area contributed by atoms with E-state index in [9.17, 15) is 47.1 Å². The van der Waals surface area contributed by atoms with Crippen LogP contribution in [0.25, 0.3) is 83.7 Å². The van der Waals surface area contributed by atoms with E-state index in [4.69, 9.17) is 32.5 Å². The molecule has 6 saturated heterocycles. The Morgan fingerprint density at radius 2 is 0.849 bits per heavy atom. The van der Waals surface area contributed by atoms with Crippen LogP contribution in [0.3, 0.4) is 0 Å². The predicted octanol–water partition coefficient (Wildman–Crippen LogP) is 16.5. The molecule has 6 aliphatic heterocycles. The second-order valence-electron chi connectivity index (χ2n) is 39.2. The number of likely N-dealkylation sites (tertiary alicyclic amines) is 6. The molecule has 0 spiro atoms. The fraction of sp³-hybridized carbons (Fsp3) is 0.373. The topological polar surface area (TPSA) is 366 Å². The number of aromatic nitrogens is 14. The molecule has 8 amide bonds. The molecule has 4 N–H and O–H groups in total. The number of amides is 8. The number of primary amides is 1. The van der Waals surface area contributed by atoms with Crippen LogP contribution >= 0.6 is 25.1 Å². The summed E-state index contributed by atoms with van der Waals surface area (Å²) in [5, 5.41) is 23.2. The van der Waals surface area contributed by atoms with Crippen LogP contribution in [0.15, 0.2) is 214 Å². The summed E-state index contributed by atoms with van der Waals surface area (Å²) in [6.45, 7) is 22.7. The normalized spacial score (nSPS) is 16.5. The molecule has 6 aliphatic rings. The molecule has 3 aromatic carbocycles. The van der Waals surface area contributed by atoms with Crippen molar-refractivity contribution >= 4 is 127 Å². The predicted molar refractivity (Wildman–Crippen MR) is 562 cm³/mol. The van der Waals surface area contributed by atoms with Gasteiger partial charge in [-0.05, 0) is 245 Å². The van der Waals surface area contributed by atoms with E-state index in [-0.39, 0.29) is 81.1 Å². The standard InChI is InChI=1S/C26H28FN5O3.C25H29FN4O4.C21H23N3O.C19H20ClN5O.C19H21N5O.H2S/c1-26(27)9-13-30(14-10-26)24(34)19-15-18-8-12-31(23(18)29-16-19)20-6-4-17(5-7-20)25(35)32-11-2-3-21(32)22(28)33;1-25(26)7-10-28(11-8-25)24(34)20-16-19-6-9-30(22(19)27-17-20)21-4-2-18(3-5-21)23(33)29(12-14-31)13-15-32;1-15-3-5-18(6-4-15)24-12-9-17-13-19(22-14-20(17)24)21(25)23-10-7-16(2)8-11-23;1-12-3-7-24(8-4-12)19(26)14-9-15-16(20)11-25(18(15)23-13(14)2)17-10-21-5-6-22-17;1-13-3-8-23(9-4-13)19(25)16-11-15-5-10-24(18(15)22-14(16)2)17-12-20-6-7-21-17;/h4-8,12,15-16,21H,2-3,9-11,13-14H2,1H3,(H2,28,33);2-6,9,16-17,31-32H,7-8,10-15H2,1H3;3-6,9,12-14,16H,7-8,10-11H2,1-2H3;5-6,9-12H,3-4,7-8H2,1-2H3;5-7,10-13H,3-4,8-9H2,1-2H3;1H2/t21-;;;;;/m0...../s1. The first-order valence-corrected chi connectivity index (χ1v) is 50.1. The Hall–Kier alpha value is -14.6. The average Bonchev–Trinajstić information content (AvgIpc) is 1.58. The van der Waals surface area contributed by atoms with Crippen molar-refractivity contribution in [3.63, 3.8) is 0 Å². The van der Waals surface area contributed by atoms with Crippen LogP contribution in [-0.4, -0.2) is 275 Å². The average molecular weight is 2020 g/mol. The van der Waals surface area contributed by atoms with Crippen molar-refractivity contribution in [3.05, 3.63) is 275 Å². The third kappa shape index (κ3) is 23.7. The molecule has 6 fully saturated rings. The number of hydrogen-bond donors (Lipinski definition) is 3. The minimum atomic E-state index is -1.22. The summed E-state index contributed by atoms with van der Waals surface area (Å²) in [5.41, 5.74) is 16.0. The van der Waals surface area contributed by atoms with E-state index in [0.717, 1.165) is 145 Å². The van der Waals surface area contributed by atoms with Gasteiger partial charge in [0, 0.05) is 208 Å². The second kappa shape index (κ2) is 45.8. The Morgan fingerprint density at radius 1 is 0.425 bits per heavy atom. The molecule has 32 nitrogen and oxygen atoms in total. The van der Waals surface area contributed by atoms with Crippen molar-refractivity contribution in [2.45, 2.75) is 150 Å². The number of nitrogens with zero attached hydrogens (tertiary/aromatic N) is 21. The van der Waals surface area contributed by atoms with Gasteiger partial charge in [-0.2, -0.15) is 13.5 Å². The smallest absolute Gasteiger partial charge is 0.272 e. The van der Waals surface area contributed by atoms with E-state index in [1.807, 2.05) is 128 Å². The number of nitrogens with two attached hydrogens (primary N) is 1. The first kappa shape index (κ1) is 104. The number of aliphatic hydroxyl groups is 2. The molecule has 15 aromatic rings. The Kier molecular flexibility index (Phi) is 32.7. The summed E-state index contributed by atoms with van der Waals surface area (Å²) in [6, 6.07) is 39.0. The van der Waals surface area contributed by atoms with E-state index >= 15 is 0 Å². The number of rotatable bonds is 17. The van der Waals surface area contributed by atoms with Crippen LogP contribution in [0.2, 0.25) is 5.02 Å². The highest BCUT2D eigenvalue weighted by molar-refractivity contribution is 7.59. The fourth-order valence-electron chi connectivity index (χ4n) is 19.3. The highest BCUT2D eigenvalue weighted by Gasteiger charge is 2.37. The molecule has 36 heteroatoms. The van der Waals surface area contributed by atoms with E-state index < -0.39 is 23.3 Å². The summed E-state index contributed by atoms with van der Waals surface area (Å²) >= 11 is 6.43. The van der Waals surface area contributed by atoms with Crippen molar-refractivity contribution in [2.75, 3.05) is 98.3 Å². The number of alkyl halides is 2. The van der Waals surface area contributed by atoms with Gasteiger partial charge in [-0.1, -0.05) is 50.1 Å². The Balaban J connectivity index is 0.000000131. The lowest BCUT2D eigenvalue weighted by atomic mass is 9.95. The molecular weight excluding hydrogens is 1890 g/mol. The molecule has 1 atom stereocenters. The van der Waals surface area contributed by atoms with Gasteiger partial charge in [-0.3, -0.25) is 57.5 Å². The molecular formula is C110H123ClF2N22O10S. The van der Waals surface area contributed by atoms with E-state index in [2.05, 4.69) is 96.4 Å². The quantitative estimate of drug-likeness (QED) is 0.0762. The van der Waals surface area contributed by atoms with Crippen molar-refractivity contribution in [1.82, 2.24) is 102 Å². The monoisotopic (exact) mass is 2020 g/mol. The summed E-state index contributed by atoms with van der Waals surface area (Å²) in [4.78, 5) is 153. The van der Waals surface area contributed by atoms with Gasteiger partial charge in [0.25, 0.3) is 41.4 Å². The number of carbonyl (C=O) groups is 8. The van der Waals surface area contributed by atoms with Gasteiger partial charge in [-0.25, -0.2) is 43.7 Å². The molecule has 18 heterocycles. The van der Waals surface area contributed by atoms with E-state index in [1.165, 1.54) is 10.5 Å². The number of fused-ring (bicyclic) bond motifs is 5. The number of hydrogen-bond acceptors (Lipinski definition) is 19. The van der Waals surface area contributed by atoms with E-state index in [0.29, 0.717) is 161 Å². The molecule has 12 aromatic heterocycles. The molecule has 146 heavy (non-hydrogen) atoms. The first-order valence-electron chi connectivity index (χ1n) is 49.7. The summed E-state index contributed by atoms with van der Waals surface area (Å²) in [6.07, 6.45) is 33.3. The van der Waals surface area contributed by atoms with Gasteiger partial charge in [-0.15, -0.1) is 0 Å². The highest BCUT2D eigenvalue weighted by Crippen LogP contribution is 2.36. The molecule has 0 unspecified atom stereocenters. The lowest BCUT2D eigenvalue weighted by Gasteiger charge is -2.34. The van der Waals surface area contributed by atoms with Gasteiger partial charge in [0.2, 0.25) is 5.91 Å².